The van der Waals surface area contributed by atoms with Gasteiger partial charge in [0.15, 0.2) is 0 Å². The summed E-state index contributed by atoms with van der Waals surface area (Å²) < 4.78 is 10.9. The number of amides is 1. The number of aromatic hydroxyl groups is 1. The predicted molar refractivity (Wildman–Crippen MR) is 117 cm³/mol. The van der Waals surface area contributed by atoms with Crippen LogP contribution >= 0.6 is 0 Å². The molecule has 1 aliphatic rings. The second-order valence-electron chi connectivity index (χ2n) is 8.69. The number of phenols is 1. The molecule has 1 aliphatic heterocycles. The lowest BCUT2D eigenvalue weighted by Crippen LogP contribution is -2.30. The number of ether oxygens (including phenoxy) is 1. The standard InChI is InChI=1S/C23H26N4O4/c1-14(24-22(29)30-23(2,3)4)27-11-5-6-19(27)21-25-20(26-31-21)17-8-7-16-13-18(28)10-9-15(16)12-17/h7-10,12-13,19,28H,5-6,11H2,1-4H3/b24-14+/t19-/m0/s1. The molecule has 0 radical (unpaired) electrons. The molecule has 31 heavy (non-hydrogen) atoms. The van der Waals surface area contributed by atoms with Crippen LogP contribution in [0, 0.1) is 0 Å². The number of likely N-dealkylation sites (tertiary alicyclic amines) is 1. The first-order valence-corrected chi connectivity index (χ1v) is 10.3. The van der Waals surface area contributed by atoms with E-state index in [0.717, 1.165) is 35.7 Å². The molecule has 1 fully saturated rings. The molecule has 1 saturated heterocycles. The van der Waals surface area contributed by atoms with Crippen molar-refractivity contribution in [3.05, 3.63) is 42.3 Å². The molecule has 0 unspecified atom stereocenters. The van der Waals surface area contributed by atoms with E-state index < -0.39 is 11.7 Å². The van der Waals surface area contributed by atoms with Crippen LogP contribution < -0.4 is 0 Å². The number of rotatable bonds is 2. The van der Waals surface area contributed by atoms with E-state index in [1.807, 2.05) is 49.9 Å². The summed E-state index contributed by atoms with van der Waals surface area (Å²) in [4.78, 5) is 22.8. The average Bonchev–Trinajstić information content (AvgIpc) is 3.35. The van der Waals surface area contributed by atoms with Crippen molar-refractivity contribution in [2.24, 2.45) is 4.99 Å². The van der Waals surface area contributed by atoms with Crippen molar-refractivity contribution < 1.29 is 19.2 Å². The third-order valence-electron chi connectivity index (χ3n) is 5.12. The van der Waals surface area contributed by atoms with Gasteiger partial charge in [0.25, 0.3) is 0 Å². The fourth-order valence-corrected chi connectivity index (χ4v) is 3.75. The molecule has 162 valence electrons. The quantitative estimate of drug-likeness (QED) is 0.453. The minimum atomic E-state index is -0.607. The second kappa shape index (κ2) is 8.02. The highest BCUT2D eigenvalue weighted by atomic mass is 16.6. The van der Waals surface area contributed by atoms with E-state index in [1.54, 1.807) is 19.1 Å². The average molecular weight is 422 g/mol. The van der Waals surface area contributed by atoms with Crippen LogP contribution in [0.3, 0.4) is 0 Å². The number of hydrogen-bond donors (Lipinski definition) is 1. The number of aromatic nitrogens is 2. The number of carbonyl (C=O) groups excluding carboxylic acids is 1. The van der Waals surface area contributed by atoms with Gasteiger partial charge in [0.05, 0.1) is 0 Å². The van der Waals surface area contributed by atoms with Crippen LogP contribution in [0.1, 0.15) is 52.5 Å². The maximum absolute atomic E-state index is 12.1. The van der Waals surface area contributed by atoms with Gasteiger partial charge in [0.2, 0.25) is 11.7 Å². The van der Waals surface area contributed by atoms with Gasteiger partial charge in [-0.15, -0.1) is 0 Å². The van der Waals surface area contributed by atoms with Gasteiger partial charge >= 0.3 is 6.09 Å². The summed E-state index contributed by atoms with van der Waals surface area (Å²) in [6.45, 7) is 7.97. The van der Waals surface area contributed by atoms with Crippen LogP contribution in [-0.2, 0) is 4.74 Å². The molecular formula is C23H26N4O4. The lowest BCUT2D eigenvalue weighted by Gasteiger charge is -2.24. The number of carbonyl (C=O) groups is 1. The van der Waals surface area contributed by atoms with Crippen LogP contribution in [0.25, 0.3) is 22.2 Å². The molecule has 0 spiro atoms. The van der Waals surface area contributed by atoms with Crippen LogP contribution in [0.4, 0.5) is 4.79 Å². The molecule has 0 aliphatic carbocycles. The number of hydrogen-bond acceptors (Lipinski definition) is 6. The van der Waals surface area contributed by atoms with E-state index in [4.69, 9.17) is 9.26 Å². The highest BCUT2D eigenvalue weighted by Gasteiger charge is 2.32. The Hall–Kier alpha value is -3.42. The van der Waals surface area contributed by atoms with E-state index in [9.17, 15) is 9.90 Å². The molecule has 0 bridgehead atoms. The molecule has 2 aromatic carbocycles. The largest absolute Gasteiger partial charge is 0.508 e. The van der Waals surface area contributed by atoms with Gasteiger partial charge in [-0.05, 0) is 69.5 Å². The van der Waals surface area contributed by atoms with Gasteiger partial charge in [-0.1, -0.05) is 23.4 Å². The normalized spacial score (nSPS) is 17.4. The Kier molecular flexibility index (Phi) is 5.39. The summed E-state index contributed by atoms with van der Waals surface area (Å²) in [6, 6.07) is 10.9. The fraction of sp³-hybridized carbons (Fsp3) is 0.391. The summed E-state index contributed by atoms with van der Waals surface area (Å²) in [5.74, 6) is 1.80. The zero-order chi connectivity index (χ0) is 22.2. The molecule has 1 aromatic heterocycles. The Labute approximate surface area is 180 Å². The van der Waals surface area contributed by atoms with Crippen molar-refractivity contribution in [3.63, 3.8) is 0 Å². The van der Waals surface area contributed by atoms with E-state index in [0.29, 0.717) is 17.6 Å². The van der Waals surface area contributed by atoms with Gasteiger partial charge in [0, 0.05) is 12.1 Å². The van der Waals surface area contributed by atoms with Gasteiger partial charge in [-0.2, -0.15) is 9.98 Å². The Morgan fingerprint density at radius 1 is 1.23 bits per heavy atom. The van der Waals surface area contributed by atoms with E-state index in [-0.39, 0.29) is 11.8 Å². The summed E-state index contributed by atoms with van der Waals surface area (Å²) in [5, 5.41) is 15.7. The number of aliphatic imine (C=N–C) groups is 1. The van der Waals surface area contributed by atoms with Crippen molar-refractivity contribution in [2.45, 2.75) is 52.2 Å². The first-order valence-electron chi connectivity index (χ1n) is 10.3. The number of amidine groups is 1. The molecule has 3 aromatic rings. The molecular weight excluding hydrogens is 396 g/mol. The molecule has 1 atom stereocenters. The van der Waals surface area contributed by atoms with Crippen molar-refractivity contribution in [2.75, 3.05) is 6.54 Å². The molecule has 1 amide bonds. The molecule has 8 nitrogen and oxygen atoms in total. The highest BCUT2D eigenvalue weighted by Crippen LogP contribution is 2.33. The van der Waals surface area contributed by atoms with Gasteiger partial charge in [0.1, 0.15) is 23.2 Å². The van der Waals surface area contributed by atoms with E-state index >= 15 is 0 Å². The Morgan fingerprint density at radius 3 is 2.74 bits per heavy atom. The SMILES string of the molecule is C/C(=N\C(=O)OC(C)(C)C)N1CCC[C@H]1c1nc(-c2ccc3cc(O)ccc3c2)no1. The van der Waals surface area contributed by atoms with Crippen molar-refractivity contribution in [1.82, 2.24) is 15.0 Å². The third-order valence-corrected chi connectivity index (χ3v) is 5.12. The Bertz CT molecular complexity index is 1150. The van der Waals surface area contributed by atoms with Gasteiger partial charge < -0.3 is 19.3 Å². The topological polar surface area (TPSA) is 101 Å². The number of nitrogens with zero attached hydrogens (tertiary/aromatic N) is 4. The van der Waals surface area contributed by atoms with E-state index in [1.165, 1.54) is 0 Å². The lowest BCUT2D eigenvalue weighted by atomic mass is 10.1. The molecule has 8 heteroatoms. The summed E-state index contributed by atoms with van der Waals surface area (Å²) >= 11 is 0. The Balaban J connectivity index is 1.55. The number of fused-ring (bicyclic) bond motifs is 1. The molecule has 2 heterocycles. The minimum Gasteiger partial charge on any atom is -0.508 e. The molecule has 0 saturated carbocycles. The van der Waals surface area contributed by atoms with Crippen LogP contribution in [0.15, 0.2) is 45.9 Å². The summed E-state index contributed by atoms with van der Waals surface area (Å²) in [7, 11) is 0. The zero-order valence-electron chi connectivity index (χ0n) is 18.1. The predicted octanol–water partition coefficient (Wildman–Crippen LogP) is 5.09. The number of phenolic OH excluding ortho intramolecular Hbond substituents is 1. The summed E-state index contributed by atoms with van der Waals surface area (Å²) in [6.07, 6.45) is 1.16. The maximum Gasteiger partial charge on any atom is 0.435 e. The first kappa shape index (κ1) is 20.8. The number of benzene rings is 2. The molecule has 4 rings (SSSR count). The smallest absolute Gasteiger partial charge is 0.435 e. The van der Waals surface area contributed by atoms with Gasteiger partial charge in [-0.25, -0.2) is 4.79 Å². The molecule has 1 N–H and O–H groups in total. The van der Waals surface area contributed by atoms with Crippen molar-refractivity contribution >= 4 is 22.7 Å². The first-order chi connectivity index (χ1) is 14.7. The maximum atomic E-state index is 12.1. The fourth-order valence-electron chi connectivity index (χ4n) is 3.75. The van der Waals surface area contributed by atoms with Crippen LogP contribution in [0.5, 0.6) is 5.75 Å². The second-order valence-corrected chi connectivity index (χ2v) is 8.69. The zero-order valence-corrected chi connectivity index (χ0v) is 18.1. The Morgan fingerprint density at radius 2 is 1.97 bits per heavy atom. The van der Waals surface area contributed by atoms with Crippen molar-refractivity contribution in [1.29, 1.82) is 0 Å². The van der Waals surface area contributed by atoms with Crippen LogP contribution in [0.2, 0.25) is 0 Å². The van der Waals surface area contributed by atoms with Gasteiger partial charge in [-0.3, -0.25) is 0 Å². The van der Waals surface area contributed by atoms with Crippen LogP contribution in [-0.4, -0.2) is 44.2 Å². The third kappa shape index (κ3) is 4.68. The lowest BCUT2D eigenvalue weighted by molar-refractivity contribution is 0.0601. The minimum absolute atomic E-state index is 0.134. The monoisotopic (exact) mass is 422 g/mol. The summed E-state index contributed by atoms with van der Waals surface area (Å²) in [5.41, 5.74) is 0.238. The van der Waals surface area contributed by atoms with E-state index in [2.05, 4.69) is 15.1 Å². The van der Waals surface area contributed by atoms with Crippen molar-refractivity contribution in [3.8, 4) is 17.1 Å². The highest BCUT2D eigenvalue weighted by molar-refractivity contribution is 5.90.